The minimum Gasteiger partial charge on any atom is -0.340 e. The highest BCUT2D eigenvalue weighted by atomic mass is 35.5. The van der Waals surface area contributed by atoms with Gasteiger partial charge in [0.05, 0.1) is 11.6 Å². The standard InChI is InChI=1S/C16H20ClN5O2/c1-11-19-16(20-24-11)10-22(12(2)23)14-4-6-21(9-14)8-13-3-5-18-7-15(13)17/h3,5,7,14H,4,6,8-10H2,1-2H3/t14-/m1/s1. The van der Waals surface area contributed by atoms with Crippen molar-refractivity contribution in [2.24, 2.45) is 0 Å². The van der Waals surface area contributed by atoms with Gasteiger partial charge in [0.25, 0.3) is 0 Å². The number of pyridine rings is 1. The van der Waals surface area contributed by atoms with E-state index in [2.05, 4.69) is 20.0 Å². The van der Waals surface area contributed by atoms with Crippen LogP contribution in [0.1, 0.15) is 30.6 Å². The van der Waals surface area contributed by atoms with Crippen molar-refractivity contribution >= 4 is 17.5 Å². The molecule has 0 radical (unpaired) electrons. The summed E-state index contributed by atoms with van der Waals surface area (Å²) in [7, 11) is 0. The molecule has 1 aliphatic heterocycles. The van der Waals surface area contributed by atoms with Gasteiger partial charge in [-0.3, -0.25) is 14.7 Å². The van der Waals surface area contributed by atoms with Gasteiger partial charge in [-0.05, 0) is 18.1 Å². The first-order valence-electron chi connectivity index (χ1n) is 7.90. The molecule has 2 aromatic heterocycles. The fourth-order valence-electron chi connectivity index (χ4n) is 3.04. The zero-order valence-corrected chi connectivity index (χ0v) is 14.5. The average Bonchev–Trinajstić information content (AvgIpc) is 3.16. The number of likely N-dealkylation sites (tertiary alicyclic amines) is 1. The molecule has 1 saturated heterocycles. The Bertz CT molecular complexity index is 720. The van der Waals surface area contributed by atoms with Crippen molar-refractivity contribution in [3.05, 3.63) is 40.8 Å². The van der Waals surface area contributed by atoms with Crippen LogP contribution >= 0.6 is 11.6 Å². The lowest BCUT2D eigenvalue weighted by Gasteiger charge is -2.27. The van der Waals surface area contributed by atoms with Gasteiger partial charge in [0.2, 0.25) is 11.8 Å². The van der Waals surface area contributed by atoms with Gasteiger partial charge < -0.3 is 9.42 Å². The number of rotatable bonds is 5. The van der Waals surface area contributed by atoms with Crippen molar-refractivity contribution in [1.29, 1.82) is 0 Å². The van der Waals surface area contributed by atoms with Crippen molar-refractivity contribution in [1.82, 2.24) is 24.9 Å². The first kappa shape index (κ1) is 16.9. The van der Waals surface area contributed by atoms with Crippen LogP contribution in [0.15, 0.2) is 23.0 Å². The van der Waals surface area contributed by atoms with E-state index in [4.69, 9.17) is 16.1 Å². The summed E-state index contributed by atoms with van der Waals surface area (Å²) < 4.78 is 4.99. The van der Waals surface area contributed by atoms with Crippen molar-refractivity contribution in [3.8, 4) is 0 Å². The maximum absolute atomic E-state index is 12.1. The molecule has 128 valence electrons. The van der Waals surface area contributed by atoms with Crippen molar-refractivity contribution < 1.29 is 9.32 Å². The Hall–Kier alpha value is -1.99. The smallest absolute Gasteiger partial charge is 0.223 e. The van der Waals surface area contributed by atoms with Gasteiger partial charge in [-0.15, -0.1) is 0 Å². The van der Waals surface area contributed by atoms with E-state index in [1.54, 1.807) is 26.2 Å². The van der Waals surface area contributed by atoms with E-state index in [9.17, 15) is 4.79 Å². The van der Waals surface area contributed by atoms with Crippen LogP contribution in [0, 0.1) is 6.92 Å². The quantitative estimate of drug-likeness (QED) is 0.822. The zero-order valence-electron chi connectivity index (χ0n) is 13.8. The molecule has 3 heterocycles. The molecule has 24 heavy (non-hydrogen) atoms. The predicted octanol–water partition coefficient (Wildman–Crippen LogP) is 2.05. The van der Waals surface area contributed by atoms with Crippen LogP contribution in [0.25, 0.3) is 0 Å². The Morgan fingerprint density at radius 1 is 1.54 bits per heavy atom. The maximum Gasteiger partial charge on any atom is 0.223 e. The molecule has 3 rings (SSSR count). The van der Waals surface area contributed by atoms with Crippen LogP contribution in [0.4, 0.5) is 0 Å². The minimum atomic E-state index is 0.0197. The SMILES string of the molecule is CC(=O)N(Cc1noc(C)n1)[C@@H]1CCN(Cc2ccncc2Cl)C1. The minimum absolute atomic E-state index is 0.0197. The lowest BCUT2D eigenvalue weighted by atomic mass is 10.2. The van der Waals surface area contributed by atoms with Crippen LogP contribution < -0.4 is 0 Å². The van der Waals surface area contributed by atoms with E-state index in [1.807, 2.05) is 11.0 Å². The number of nitrogens with zero attached hydrogens (tertiary/aromatic N) is 5. The Balaban J connectivity index is 1.64. The molecule has 2 aromatic rings. The van der Waals surface area contributed by atoms with Gasteiger partial charge in [-0.1, -0.05) is 16.8 Å². The van der Waals surface area contributed by atoms with Gasteiger partial charge in [-0.25, -0.2) is 0 Å². The number of halogens is 1. The van der Waals surface area contributed by atoms with Gasteiger partial charge >= 0.3 is 0 Å². The molecule has 0 unspecified atom stereocenters. The molecule has 1 amide bonds. The molecule has 0 aromatic carbocycles. The Kier molecular flexibility index (Phi) is 5.11. The number of carbonyl (C=O) groups is 1. The summed E-state index contributed by atoms with van der Waals surface area (Å²) in [5.41, 5.74) is 1.05. The summed E-state index contributed by atoms with van der Waals surface area (Å²) in [5.74, 6) is 1.07. The largest absolute Gasteiger partial charge is 0.340 e. The first-order valence-corrected chi connectivity index (χ1v) is 8.28. The molecule has 0 spiro atoms. The number of aryl methyl sites for hydroxylation is 1. The summed E-state index contributed by atoms with van der Waals surface area (Å²) in [4.78, 5) is 24.4. The zero-order chi connectivity index (χ0) is 17.1. The Labute approximate surface area is 145 Å². The molecule has 7 nitrogen and oxygen atoms in total. The van der Waals surface area contributed by atoms with Crippen LogP contribution in [0.5, 0.6) is 0 Å². The second-order valence-corrected chi connectivity index (χ2v) is 6.43. The third kappa shape index (κ3) is 3.91. The molecule has 0 saturated carbocycles. The summed E-state index contributed by atoms with van der Waals surface area (Å²) in [6.07, 6.45) is 4.32. The van der Waals surface area contributed by atoms with E-state index in [1.165, 1.54) is 0 Å². The van der Waals surface area contributed by atoms with Gasteiger partial charge in [0, 0.05) is 51.9 Å². The average molecular weight is 350 g/mol. The number of amides is 1. The lowest BCUT2D eigenvalue weighted by molar-refractivity contribution is -0.131. The van der Waals surface area contributed by atoms with E-state index < -0.39 is 0 Å². The molecule has 0 bridgehead atoms. The number of hydrogen-bond acceptors (Lipinski definition) is 6. The highest BCUT2D eigenvalue weighted by molar-refractivity contribution is 6.31. The second kappa shape index (κ2) is 7.27. The highest BCUT2D eigenvalue weighted by Crippen LogP contribution is 2.22. The highest BCUT2D eigenvalue weighted by Gasteiger charge is 2.30. The molecule has 1 fully saturated rings. The monoisotopic (exact) mass is 349 g/mol. The van der Waals surface area contributed by atoms with Gasteiger partial charge in [0.1, 0.15) is 0 Å². The molecular weight excluding hydrogens is 330 g/mol. The van der Waals surface area contributed by atoms with Gasteiger partial charge in [-0.2, -0.15) is 4.98 Å². The van der Waals surface area contributed by atoms with E-state index in [0.29, 0.717) is 23.3 Å². The predicted molar refractivity (Wildman–Crippen MR) is 88.2 cm³/mol. The van der Waals surface area contributed by atoms with Crippen molar-refractivity contribution in [3.63, 3.8) is 0 Å². The van der Waals surface area contributed by atoms with Crippen LogP contribution in [-0.4, -0.2) is 50.0 Å². The lowest BCUT2D eigenvalue weighted by Crippen LogP contribution is -2.40. The molecular formula is C16H20ClN5O2. The van der Waals surface area contributed by atoms with E-state index in [0.717, 1.165) is 31.6 Å². The molecule has 1 atom stereocenters. The molecule has 8 heteroatoms. The fourth-order valence-corrected chi connectivity index (χ4v) is 3.22. The summed E-state index contributed by atoms with van der Waals surface area (Å²) >= 11 is 6.18. The summed E-state index contributed by atoms with van der Waals surface area (Å²) in [6.45, 7) is 6.17. The van der Waals surface area contributed by atoms with Crippen LogP contribution in [-0.2, 0) is 17.9 Å². The summed E-state index contributed by atoms with van der Waals surface area (Å²) in [5, 5.41) is 4.56. The maximum atomic E-state index is 12.1. The summed E-state index contributed by atoms with van der Waals surface area (Å²) in [6, 6.07) is 2.07. The molecule has 0 aliphatic carbocycles. The van der Waals surface area contributed by atoms with Gasteiger partial charge in [0.15, 0.2) is 5.82 Å². The Morgan fingerprint density at radius 3 is 3.04 bits per heavy atom. The fraction of sp³-hybridized carbons (Fsp3) is 0.500. The second-order valence-electron chi connectivity index (χ2n) is 6.02. The normalized spacial score (nSPS) is 18.0. The number of hydrogen-bond donors (Lipinski definition) is 0. The first-order chi connectivity index (χ1) is 11.5. The van der Waals surface area contributed by atoms with Crippen molar-refractivity contribution in [2.75, 3.05) is 13.1 Å². The third-order valence-electron chi connectivity index (χ3n) is 4.22. The third-order valence-corrected chi connectivity index (χ3v) is 4.56. The van der Waals surface area contributed by atoms with Crippen LogP contribution in [0.2, 0.25) is 5.02 Å². The number of carbonyl (C=O) groups excluding carboxylic acids is 1. The van der Waals surface area contributed by atoms with E-state index >= 15 is 0 Å². The Morgan fingerprint density at radius 2 is 2.38 bits per heavy atom. The molecule has 0 N–H and O–H groups in total. The van der Waals surface area contributed by atoms with E-state index in [-0.39, 0.29) is 11.9 Å². The topological polar surface area (TPSA) is 75.4 Å². The molecule has 1 aliphatic rings. The number of aromatic nitrogens is 3. The van der Waals surface area contributed by atoms with Crippen LogP contribution in [0.3, 0.4) is 0 Å². The van der Waals surface area contributed by atoms with Crippen molar-refractivity contribution in [2.45, 2.75) is 39.4 Å².